The van der Waals surface area contributed by atoms with Gasteiger partial charge in [-0.25, -0.2) is 0 Å². The fourth-order valence-electron chi connectivity index (χ4n) is 2.63. The normalized spacial score (nSPS) is 20.3. The predicted octanol–water partition coefficient (Wildman–Crippen LogP) is 2.80. The molecule has 0 fully saturated rings. The Morgan fingerprint density at radius 3 is 2.71 bits per heavy atom. The highest BCUT2D eigenvalue weighted by Crippen LogP contribution is 2.34. The van der Waals surface area contributed by atoms with Crippen molar-refractivity contribution in [3.63, 3.8) is 0 Å². The van der Waals surface area contributed by atoms with Gasteiger partial charge in [0.15, 0.2) is 6.10 Å². The van der Waals surface area contributed by atoms with Crippen LogP contribution in [0, 0.1) is 0 Å². The number of ether oxygens (including phenoxy) is 3. The molecule has 0 amide bonds. The molecule has 1 aliphatic rings. The lowest BCUT2D eigenvalue weighted by Crippen LogP contribution is -2.41. The molecule has 1 heterocycles. The van der Waals surface area contributed by atoms with E-state index in [0.717, 1.165) is 22.8 Å². The minimum atomic E-state index is -0.0861. The van der Waals surface area contributed by atoms with Gasteiger partial charge in [-0.1, -0.05) is 24.3 Å². The Morgan fingerprint density at radius 2 is 1.90 bits per heavy atom. The van der Waals surface area contributed by atoms with E-state index < -0.39 is 0 Å². The highest BCUT2D eigenvalue weighted by molar-refractivity contribution is 5.39. The van der Waals surface area contributed by atoms with Gasteiger partial charge in [0.1, 0.15) is 23.9 Å². The molecule has 110 valence electrons. The van der Waals surface area contributed by atoms with Crippen molar-refractivity contribution in [3.05, 3.63) is 54.1 Å². The molecule has 0 saturated carbocycles. The summed E-state index contributed by atoms with van der Waals surface area (Å²) in [5, 5.41) is 3.32. The molecule has 2 aromatic carbocycles. The Kier molecular flexibility index (Phi) is 3.97. The van der Waals surface area contributed by atoms with Crippen LogP contribution in [0.1, 0.15) is 11.6 Å². The standard InChI is InChI=1S/C17H19NO3/c1-18-17-14-8-3-4-9-15(14)20-11-16(17)21-13-7-5-6-12(10-13)19-2/h3-10,16-18H,11H2,1-2H3. The van der Waals surface area contributed by atoms with Crippen LogP contribution >= 0.6 is 0 Å². The molecule has 0 radical (unpaired) electrons. The largest absolute Gasteiger partial charge is 0.497 e. The average Bonchev–Trinajstić information content (AvgIpc) is 2.55. The molecule has 1 N–H and O–H groups in total. The van der Waals surface area contributed by atoms with E-state index in [2.05, 4.69) is 11.4 Å². The van der Waals surface area contributed by atoms with E-state index in [4.69, 9.17) is 14.2 Å². The van der Waals surface area contributed by atoms with Gasteiger partial charge in [0.05, 0.1) is 13.2 Å². The molecule has 21 heavy (non-hydrogen) atoms. The van der Waals surface area contributed by atoms with Crippen LogP contribution in [0.15, 0.2) is 48.5 Å². The summed E-state index contributed by atoms with van der Waals surface area (Å²) in [7, 11) is 3.59. The van der Waals surface area contributed by atoms with Gasteiger partial charge in [0, 0.05) is 11.6 Å². The summed E-state index contributed by atoms with van der Waals surface area (Å²) >= 11 is 0. The molecule has 2 unspecified atom stereocenters. The first-order chi connectivity index (χ1) is 10.3. The van der Waals surface area contributed by atoms with Crippen LogP contribution in [0.4, 0.5) is 0 Å². The lowest BCUT2D eigenvalue weighted by atomic mass is 9.98. The van der Waals surface area contributed by atoms with Crippen molar-refractivity contribution in [2.24, 2.45) is 0 Å². The fourth-order valence-corrected chi connectivity index (χ4v) is 2.63. The average molecular weight is 285 g/mol. The lowest BCUT2D eigenvalue weighted by molar-refractivity contribution is 0.0772. The van der Waals surface area contributed by atoms with E-state index in [9.17, 15) is 0 Å². The van der Waals surface area contributed by atoms with E-state index >= 15 is 0 Å². The van der Waals surface area contributed by atoms with Gasteiger partial charge < -0.3 is 19.5 Å². The van der Waals surface area contributed by atoms with Crippen molar-refractivity contribution >= 4 is 0 Å². The van der Waals surface area contributed by atoms with Gasteiger partial charge in [-0.05, 0) is 25.2 Å². The predicted molar refractivity (Wildman–Crippen MR) is 81.1 cm³/mol. The third-order valence-corrected chi connectivity index (χ3v) is 3.67. The molecule has 0 spiro atoms. The summed E-state index contributed by atoms with van der Waals surface area (Å²) in [5.74, 6) is 2.48. The van der Waals surface area contributed by atoms with Gasteiger partial charge in [0.2, 0.25) is 0 Å². The highest BCUT2D eigenvalue weighted by Gasteiger charge is 2.31. The zero-order valence-corrected chi connectivity index (χ0v) is 12.2. The second kappa shape index (κ2) is 6.06. The fraction of sp³-hybridized carbons (Fsp3) is 0.294. The quantitative estimate of drug-likeness (QED) is 0.937. The minimum Gasteiger partial charge on any atom is -0.497 e. The Hall–Kier alpha value is -2.20. The maximum atomic E-state index is 6.09. The van der Waals surface area contributed by atoms with Crippen LogP contribution in [-0.4, -0.2) is 26.9 Å². The zero-order valence-electron chi connectivity index (χ0n) is 12.2. The van der Waals surface area contributed by atoms with Crippen molar-refractivity contribution in [2.45, 2.75) is 12.1 Å². The van der Waals surface area contributed by atoms with Crippen molar-refractivity contribution < 1.29 is 14.2 Å². The summed E-state index contributed by atoms with van der Waals surface area (Å²) < 4.78 is 17.1. The molecular formula is C17H19NO3. The van der Waals surface area contributed by atoms with Crippen LogP contribution in [0.5, 0.6) is 17.2 Å². The smallest absolute Gasteiger partial charge is 0.152 e. The minimum absolute atomic E-state index is 0.0861. The van der Waals surface area contributed by atoms with E-state index in [1.807, 2.05) is 49.5 Å². The Balaban J connectivity index is 1.82. The summed E-state index contributed by atoms with van der Waals surface area (Å²) in [6.45, 7) is 0.514. The number of methoxy groups -OCH3 is 1. The maximum Gasteiger partial charge on any atom is 0.152 e. The monoisotopic (exact) mass is 285 g/mol. The van der Waals surface area contributed by atoms with Crippen molar-refractivity contribution in [3.8, 4) is 17.2 Å². The molecule has 4 heteroatoms. The van der Waals surface area contributed by atoms with Gasteiger partial charge >= 0.3 is 0 Å². The van der Waals surface area contributed by atoms with Crippen LogP contribution < -0.4 is 19.5 Å². The molecule has 4 nitrogen and oxygen atoms in total. The number of likely N-dealkylation sites (N-methyl/N-ethyl adjacent to an activating group) is 1. The number of benzene rings is 2. The van der Waals surface area contributed by atoms with Gasteiger partial charge in [-0.3, -0.25) is 0 Å². The third kappa shape index (κ3) is 2.81. The molecule has 2 atom stereocenters. The SMILES string of the molecule is CNC1c2ccccc2OCC1Oc1cccc(OC)c1. The van der Waals surface area contributed by atoms with E-state index in [-0.39, 0.29) is 12.1 Å². The number of rotatable bonds is 4. The molecule has 2 aromatic rings. The molecule has 3 rings (SSSR count). The maximum absolute atomic E-state index is 6.09. The molecule has 0 saturated heterocycles. The Morgan fingerprint density at radius 1 is 1.10 bits per heavy atom. The topological polar surface area (TPSA) is 39.7 Å². The van der Waals surface area contributed by atoms with Crippen molar-refractivity contribution in [2.75, 3.05) is 20.8 Å². The number of para-hydroxylation sites is 1. The van der Waals surface area contributed by atoms with Crippen molar-refractivity contribution in [1.82, 2.24) is 5.32 Å². The molecule has 0 aromatic heterocycles. The van der Waals surface area contributed by atoms with Gasteiger partial charge in [-0.15, -0.1) is 0 Å². The molecule has 0 bridgehead atoms. The van der Waals surface area contributed by atoms with Gasteiger partial charge in [0.25, 0.3) is 0 Å². The van der Waals surface area contributed by atoms with E-state index in [1.54, 1.807) is 7.11 Å². The molecule has 0 aliphatic carbocycles. The lowest BCUT2D eigenvalue weighted by Gasteiger charge is -2.33. The second-order valence-electron chi connectivity index (χ2n) is 4.95. The van der Waals surface area contributed by atoms with Crippen LogP contribution in [-0.2, 0) is 0 Å². The number of nitrogens with one attached hydrogen (secondary N) is 1. The molecule has 1 aliphatic heterocycles. The number of fused-ring (bicyclic) bond motifs is 1. The van der Waals surface area contributed by atoms with E-state index in [0.29, 0.717) is 6.61 Å². The number of hydrogen-bond acceptors (Lipinski definition) is 4. The highest BCUT2D eigenvalue weighted by atomic mass is 16.5. The number of hydrogen-bond donors (Lipinski definition) is 1. The Labute approximate surface area is 124 Å². The summed E-state index contributed by atoms with van der Waals surface area (Å²) in [5.41, 5.74) is 1.12. The van der Waals surface area contributed by atoms with E-state index in [1.165, 1.54) is 0 Å². The summed E-state index contributed by atoms with van der Waals surface area (Å²) in [6, 6.07) is 15.8. The Bertz CT molecular complexity index is 614. The molecular weight excluding hydrogens is 266 g/mol. The van der Waals surface area contributed by atoms with Crippen LogP contribution in [0.25, 0.3) is 0 Å². The van der Waals surface area contributed by atoms with Crippen LogP contribution in [0.2, 0.25) is 0 Å². The van der Waals surface area contributed by atoms with Crippen LogP contribution in [0.3, 0.4) is 0 Å². The third-order valence-electron chi connectivity index (χ3n) is 3.67. The first-order valence-corrected chi connectivity index (χ1v) is 7.01. The van der Waals surface area contributed by atoms with Gasteiger partial charge in [-0.2, -0.15) is 0 Å². The summed E-state index contributed by atoms with van der Waals surface area (Å²) in [4.78, 5) is 0. The second-order valence-corrected chi connectivity index (χ2v) is 4.95. The first kappa shape index (κ1) is 13.8. The summed E-state index contributed by atoms with van der Waals surface area (Å²) in [6.07, 6.45) is -0.0861. The zero-order chi connectivity index (χ0) is 14.7. The van der Waals surface area contributed by atoms with Crippen molar-refractivity contribution in [1.29, 1.82) is 0 Å². The first-order valence-electron chi connectivity index (χ1n) is 7.01.